The van der Waals surface area contributed by atoms with E-state index in [1.54, 1.807) is 0 Å². The lowest BCUT2D eigenvalue weighted by molar-refractivity contribution is 1.49. The van der Waals surface area contributed by atoms with Gasteiger partial charge >= 0.3 is 0 Å². The van der Waals surface area contributed by atoms with E-state index in [0.29, 0.717) is 0 Å². The summed E-state index contributed by atoms with van der Waals surface area (Å²) in [5.74, 6) is 0. The van der Waals surface area contributed by atoms with Crippen LogP contribution in [0.4, 0.5) is 0 Å². The Morgan fingerprint density at radius 3 is 1.70 bits per heavy atom. The van der Waals surface area contributed by atoms with Crippen molar-refractivity contribution in [3.8, 4) is 0 Å². The van der Waals surface area contributed by atoms with Gasteiger partial charge in [-0.15, -0.1) is 52.4 Å². The number of benzene rings is 1. The van der Waals surface area contributed by atoms with Crippen LogP contribution in [0.15, 0.2) is 24.3 Å². The molecule has 0 amide bonds. The van der Waals surface area contributed by atoms with Gasteiger partial charge in [0.05, 0.1) is 0 Å². The van der Waals surface area contributed by atoms with Gasteiger partial charge in [-0.05, 0) is 6.92 Å². The summed E-state index contributed by atoms with van der Waals surface area (Å²) in [6, 6.07) is 8.67. The van der Waals surface area contributed by atoms with Gasteiger partial charge in [0.1, 0.15) is 0 Å². The minimum absolute atomic E-state index is 0. The van der Waals surface area contributed by atoms with Gasteiger partial charge in [0, 0.05) is 0 Å². The second-order valence-electron chi connectivity index (χ2n) is 2.15. The molecule has 1 rings (SSSR count). The van der Waals surface area contributed by atoms with Crippen LogP contribution in [-0.4, -0.2) is 16.3 Å². The standard InChI is InChI=1S/C7H7.Al.2HI.2H/c1-7-5-3-2-4-6-7;;;;;/h3-6H,1H3;;2*1H;;. The highest BCUT2D eigenvalue weighted by atomic mass is 127. The molecule has 0 N–H and O–H groups in total. The molecule has 0 heterocycles. The van der Waals surface area contributed by atoms with Gasteiger partial charge in [0.2, 0.25) is 0 Å². The van der Waals surface area contributed by atoms with Gasteiger partial charge < -0.3 is 0 Å². The molecule has 56 valence electrons. The van der Waals surface area contributed by atoms with Gasteiger partial charge in [0.25, 0.3) is 16.3 Å². The first-order valence-electron chi connectivity index (χ1n) is 2.82. The van der Waals surface area contributed by atoms with E-state index in [9.17, 15) is 0 Å². The molecule has 0 fully saturated rings. The average molecular weight is 376 g/mol. The zero-order valence-corrected chi connectivity index (χ0v) is 12.8. The Balaban J connectivity index is 0. The number of halogens is 2. The van der Waals surface area contributed by atoms with Crippen molar-refractivity contribution in [1.29, 1.82) is 0 Å². The first-order valence-corrected chi connectivity index (χ1v) is 3.82. The predicted molar refractivity (Wildman–Crippen MR) is 70.2 cm³/mol. The molecule has 10 heavy (non-hydrogen) atoms. The van der Waals surface area contributed by atoms with E-state index < -0.39 is 0 Å². The molecule has 0 unspecified atom stereocenters. The Kier molecular flexibility index (Phi) is 9.50. The van der Waals surface area contributed by atoms with Crippen LogP contribution in [0.5, 0.6) is 0 Å². The molecule has 0 aliphatic carbocycles. The maximum Gasteiger partial charge on any atom is 0.258 e. The normalized spacial score (nSPS) is 7.30. The molecule has 0 saturated heterocycles. The highest BCUT2D eigenvalue weighted by Crippen LogP contribution is 1.90. The first-order chi connectivity index (χ1) is 3.79. The fraction of sp³-hybridized carbons (Fsp3) is 0.143. The van der Waals surface area contributed by atoms with E-state index >= 15 is 0 Å². The molecule has 0 bridgehead atoms. The number of rotatable bonds is 0. The van der Waals surface area contributed by atoms with Crippen molar-refractivity contribution in [1.82, 2.24) is 0 Å². The summed E-state index contributed by atoms with van der Waals surface area (Å²) in [4.78, 5) is 0. The molecule has 1 aromatic carbocycles. The highest BCUT2D eigenvalue weighted by molar-refractivity contribution is 14.0. The quantitative estimate of drug-likeness (QED) is 0.476. The van der Waals surface area contributed by atoms with Crippen molar-refractivity contribution in [3.05, 3.63) is 29.8 Å². The van der Waals surface area contributed by atoms with E-state index in [0.717, 1.165) is 0 Å². The summed E-state index contributed by atoms with van der Waals surface area (Å²) in [6.07, 6.45) is 0. The van der Waals surface area contributed by atoms with Crippen molar-refractivity contribution in [3.63, 3.8) is 0 Å². The topological polar surface area (TPSA) is 0 Å². The molecule has 0 nitrogen and oxygen atoms in total. The van der Waals surface area contributed by atoms with Crippen LogP contribution >= 0.6 is 48.0 Å². The third-order valence-electron chi connectivity index (χ3n) is 1.22. The Hall–Kier alpha value is 1.21. The average Bonchev–Trinajstić information content (AvgIpc) is 1.77. The third kappa shape index (κ3) is 4.94. The van der Waals surface area contributed by atoms with Crippen LogP contribution in [0.1, 0.15) is 5.56 Å². The maximum atomic E-state index is 2.18. The largest absolute Gasteiger partial charge is 0.258 e. The smallest absolute Gasteiger partial charge is 0.121 e. The predicted octanol–water partition coefficient (Wildman–Crippen LogP) is 1.49. The van der Waals surface area contributed by atoms with Gasteiger partial charge in [-0.3, -0.25) is 0 Å². The van der Waals surface area contributed by atoms with Crippen LogP contribution in [0.3, 0.4) is 0 Å². The fourth-order valence-corrected chi connectivity index (χ4v) is 0.970. The zero-order chi connectivity index (χ0) is 5.98. The van der Waals surface area contributed by atoms with Crippen LogP contribution in [0.2, 0.25) is 0 Å². The minimum atomic E-state index is 0. The molecule has 1 aromatic rings. The maximum absolute atomic E-state index is 2.18. The van der Waals surface area contributed by atoms with Gasteiger partial charge in [-0.1, -0.05) is 29.8 Å². The molecular formula is C7H11AlI2. The van der Waals surface area contributed by atoms with E-state index in [4.69, 9.17) is 0 Å². The zero-order valence-electron chi connectivity index (χ0n) is 6.13. The van der Waals surface area contributed by atoms with Crippen LogP contribution in [0, 0.1) is 6.92 Å². The SMILES string of the molecule is Cc1cc[c]([AlH2])cc1.I.I. The van der Waals surface area contributed by atoms with E-state index in [1.807, 2.05) is 0 Å². The number of hydrogen-bond acceptors (Lipinski definition) is 0. The van der Waals surface area contributed by atoms with Crippen molar-refractivity contribution in [2.45, 2.75) is 6.92 Å². The Morgan fingerprint density at radius 1 is 1.00 bits per heavy atom. The lowest BCUT2D eigenvalue weighted by Gasteiger charge is -1.90. The summed E-state index contributed by atoms with van der Waals surface area (Å²) in [5, 5.41) is 0. The number of hydrogen-bond donors (Lipinski definition) is 0. The Bertz CT molecular complexity index is 150. The van der Waals surface area contributed by atoms with Crippen LogP contribution in [-0.2, 0) is 0 Å². The van der Waals surface area contributed by atoms with Gasteiger partial charge in [0.15, 0.2) is 0 Å². The van der Waals surface area contributed by atoms with Crippen molar-refractivity contribution >= 4 is 68.7 Å². The van der Waals surface area contributed by atoms with Crippen molar-refractivity contribution < 1.29 is 0 Å². The second kappa shape index (κ2) is 6.89. The molecular weight excluding hydrogens is 365 g/mol. The molecule has 0 saturated carbocycles. The lowest BCUT2D eigenvalue weighted by Crippen LogP contribution is -1.98. The molecule has 3 heteroatoms. The molecule has 0 spiro atoms. The van der Waals surface area contributed by atoms with E-state index in [1.165, 1.54) is 26.3 Å². The van der Waals surface area contributed by atoms with Gasteiger partial charge in [-0.2, -0.15) is 0 Å². The van der Waals surface area contributed by atoms with E-state index in [2.05, 4.69) is 31.2 Å². The van der Waals surface area contributed by atoms with E-state index in [-0.39, 0.29) is 48.0 Å². The van der Waals surface area contributed by atoms with Gasteiger partial charge in [-0.25, -0.2) is 0 Å². The molecule has 0 aliphatic rings. The Morgan fingerprint density at radius 2 is 1.40 bits per heavy atom. The minimum Gasteiger partial charge on any atom is -0.121 e. The first kappa shape index (κ1) is 13.8. The molecule has 0 aliphatic heterocycles. The summed E-state index contributed by atoms with van der Waals surface area (Å²) in [5.41, 5.74) is 1.35. The molecule has 0 radical (unpaired) electrons. The fourth-order valence-electron chi connectivity index (χ4n) is 0.637. The summed E-state index contributed by atoms with van der Waals surface area (Å²) in [7, 11) is 0. The molecule has 0 aromatic heterocycles. The van der Waals surface area contributed by atoms with Crippen LogP contribution in [0.25, 0.3) is 0 Å². The van der Waals surface area contributed by atoms with Crippen LogP contribution < -0.4 is 4.43 Å². The lowest BCUT2D eigenvalue weighted by atomic mass is 10.2. The monoisotopic (exact) mass is 376 g/mol. The van der Waals surface area contributed by atoms with Crippen molar-refractivity contribution in [2.75, 3.05) is 0 Å². The number of aryl methyl sites for hydroxylation is 1. The summed E-state index contributed by atoms with van der Waals surface area (Å²) in [6.45, 7) is 2.11. The molecule has 0 atom stereocenters. The highest BCUT2D eigenvalue weighted by Gasteiger charge is 1.80. The second-order valence-corrected chi connectivity index (χ2v) is 3.31. The van der Waals surface area contributed by atoms with Crippen molar-refractivity contribution in [2.24, 2.45) is 0 Å². The third-order valence-corrected chi connectivity index (χ3v) is 1.88. The summed E-state index contributed by atoms with van der Waals surface area (Å²) >= 11 is 1.17. The summed E-state index contributed by atoms with van der Waals surface area (Å²) < 4.78 is 1.47. The Labute approximate surface area is 104 Å².